The predicted octanol–water partition coefficient (Wildman–Crippen LogP) is 0.468. The van der Waals surface area contributed by atoms with Gasteiger partial charge in [0.1, 0.15) is 5.78 Å². The minimum Gasteiger partial charge on any atom is -0.381 e. The van der Waals surface area contributed by atoms with Crippen LogP contribution in [0.3, 0.4) is 0 Å². The fourth-order valence-corrected chi connectivity index (χ4v) is 1.84. The molecular weight excluding hydrogens is 116 g/mol. The number of carbonyl (C=O) groups is 1. The van der Waals surface area contributed by atoms with Gasteiger partial charge in [-0.1, -0.05) is 0 Å². The Balaban J connectivity index is 2.02. The van der Waals surface area contributed by atoms with Crippen LogP contribution in [0.1, 0.15) is 6.92 Å². The summed E-state index contributed by atoms with van der Waals surface area (Å²) in [6.45, 7) is 3.34. The number of rotatable bonds is 1. The fourth-order valence-electron chi connectivity index (χ4n) is 1.84. The molecule has 0 N–H and O–H groups in total. The topological polar surface area (TPSA) is 26.3 Å². The van der Waals surface area contributed by atoms with Crippen molar-refractivity contribution in [2.45, 2.75) is 6.92 Å². The quantitative estimate of drug-likeness (QED) is 0.510. The van der Waals surface area contributed by atoms with Gasteiger partial charge in [0.05, 0.1) is 13.2 Å². The maximum atomic E-state index is 10.8. The maximum absolute atomic E-state index is 10.8. The molecule has 0 aromatic carbocycles. The third-order valence-electron chi connectivity index (χ3n) is 2.42. The number of fused-ring (bicyclic) bond motifs is 1. The molecule has 9 heavy (non-hydrogen) atoms. The molecule has 1 saturated heterocycles. The molecule has 2 nitrogen and oxygen atoms in total. The minimum absolute atomic E-state index is 0.355. The Morgan fingerprint density at radius 3 is 2.33 bits per heavy atom. The Kier molecular flexibility index (Phi) is 0.943. The zero-order valence-corrected chi connectivity index (χ0v) is 5.46. The molecule has 0 radical (unpaired) electrons. The molecule has 0 aromatic rings. The van der Waals surface area contributed by atoms with Crippen molar-refractivity contribution in [1.82, 2.24) is 0 Å². The van der Waals surface area contributed by atoms with Crippen LogP contribution in [0, 0.1) is 17.8 Å². The molecule has 0 aromatic heterocycles. The predicted molar refractivity (Wildman–Crippen MR) is 32.0 cm³/mol. The van der Waals surface area contributed by atoms with Crippen LogP contribution in [0.2, 0.25) is 0 Å². The molecule has 2 heteroatoms. The van der Waals surface area contributed by atoms with Gasteiger partial charge in [-0.25, -0.2) is 0 Å². The van der Waals surface area contributed by atoms with Crippen molar-refractivity contribution in [3.63, 3.8) is 0 Å². The first-order chi connectivity index (χ1) is 4.30. The van der Waals surface area contributed by atoms with E-state index in [1.165, 1.54) is 0 Å². The molecule has 0 bridgehead atoms. The monoisotopic (exact) mass is 126 g/mol. The summed E-state index contributed by atoms with van der Waals surface area (Å²) in [5.74, 6) is 1.93. The molecule has 2 rings (SSSR count). The molecule has 2 atom stereocenters. The van der Waals surface area contributed by atoms with E-state index in [1.54, 1.807) is 6.92 Å². The second-order valence-electron chi connectivity index (χ2n) is 3.00. The molecule has 2 unspecified atom stereocenters. The Morgan fingerprint density at radius 2 is 2.00 bits per heavy atom. The lowest BCUT2D eigenvalue weighted by atomic mass is 10.2. The van der Waals surface area contributed by atoms with E-state index >= 15 is 0 Å². The van der Waals surface area contributed by atoms with E-state index in [0.717, 1.165) is 13.2 Å². The number of carbonyl (C=O) groups excluding carboxylic acids is 1. The van der Waals surface area contributed by atoms with Gasteiger partial charge in [0, 0.05) is 5.92 Å². The smallest absolute Gasteiger partial charge is 0.133 e. The Labute approximate surface area is 54.2 Å². The average molecular weight is 126 g/mol. The highest BCUT2D eigenvalue weighted by molar-refractivity contribution is 5.82. The van der Waals surface area contributed by atoms with E-state index in [-0.39, 0.29) is 0 Å². The summed E-state index contributed by atoms with van der Waals surface area (Å²) >= 11 is 0. The minimum atomic E-state index is 0.355. The molecule has 1 saturated carbocycles. The third kappa shape index (κ3) is 0.628. The zero-order valence-electron chi connectivity index (χ0n) is 5.46. The van der Waals surface area contributed by atoms with Crippen molar-refractivity contribution in [2.24, 2.45) is 17.8 Å². The summed E-state index contributed by atoms with van der Waals surface area (Å²) in [6, 6.07) is 0. The van der Waals surface area contributed by atoms with Crippen molar-refractivity contribution < 1.29 is 9.53 Å². The maximum Gasteiger partial charge on any atom is 0.133 e. The van der Waals surface area contributed by atoms with Gasteiger partial charge in [-0.05, 0) is 18.8 Å². The Hall–Kier alpha value is -0.370. The van der Waals surface area contributed by atoms with Gasteiger partial charge in [-0.3, -0.25) is 4.79 Å². The summed E-state index contributed by atoms with van der Waals surface area (Å²) in [5.41, 5.74) is 0. The van der Waals surface area contributed by atoms with E-state index in [1.807, 2.05) is 0 Å². The Morgan fingerprint density at radius 1 is 1.44 bits per heavy atom. The molecule has 50 valence electrons. The molecular formula is C7H10O2. The van der Waals surface area contributed by atoms with Crippen molar-refractivity contribution in [1.29, 1.82) is 0 Å². The molecule has 0 spiro atoms. The SMILES string of the molecule is CC(=O)C1C2COCC21. The van der Waals surface area contributed by atoms with Crippen LogP contribution in [0.5, 0.6) is 0 Å². The first-order valence-electron chi connectivity index (χ1n) is 3.39. The van der Waals surface area contributed by atoms with Crippen LogP contribution < -0.4 is 0 Å². The lowest BCUT2D eigenvalue weighted by Gasteiger charge is -1.97. The summed E-state index contributed by atoms with van der Waals surface area (Å²) in [6.07, 6.45) is 0. The van der Waals surface area contributed by atoms with E-state index in [0.29, 0.717) is 23.5 Å². The highest BCUT2D eigenvalue weighted by Gasteiger charge is 2.56. The third-order valence-corrected chi connectivity index (χ3v) is 2.42. The Bertz CT molecular complexity index is 143. The van der Waals surface area contributed by atoms with E-state index < -0.39 is 0 Å². The number of Topliss-reactive ketones (excluding diaryl/α,β-unsaturated/α-hetero) is 1. The van der Waals surface area contributed by atoms with Crippen LogP contribution in [-0.2, 0) is 9.53 Å². The summed E-state index contributed by atoms with van der Waals surface area (Å²) < 4.78 is 5.13. The lowest BCUT2D eigenvalue weighted by molar-refractivity contribution is -0.119. The normalized spacial score (nSPS) is 46.6. The van der Waals surface area contributed by atoms with E-state index in [4.69, 9.17) is 4.74 Å². The molecule has 1 aliphatic heterocycles. The molecule has 2 fully saturated rings. The fraction of sp³-hybridized carbons (Fsp3) is 0.857. The lowest BCUT2D eigenvalue weighted by Crippen LogP contribution is -2.04. The van der Waals surface area contributed by atoms with E-state index in [2.05, 4.69) is 0 Å². The summed E-state index contributed by atoms with van der Waals surface area (Å²) in [7, 11) is 0. The molecule has 0 amide bonds. The highest BCUT2D eigenvalue weighted by atomic mass is 16.5. The van der Waals surface area contributed by atoms with Crippen molar-refractivity contribution >= 4 is 5.78 Å². The standard InChI is InChI=1S/C7H10O2/c1-4(8)7-5-2-9-3-6(5)7/h5-7H,2-3H2,1H3. The number of hydrogen-bond acceptors (Lipinski definition) is 2. The van der Waals surface area contributed by atoms with Crippen LogP contribution in [0.25, 0.3) is 0 Å². The van der Waals surface area contributed by atoms with Gasteiger partial charge >= 0.3 is 0 Å². The van der Waals surface area contributed by atoms with Crippen LogP contribution >= 0.6 is 0 Å². The van der Waals surface area contributed by atoms with Gasteiger partial charge in [-0.2, -0.15) is 0 Å². The highest BCUT2D eigenvalue weighted by Crippen LogP contribution is 2.50. The van der Waals surface area contributed by atoms with Gasteiger partial charge in [0.2, 0.25) is 0 Å². The average Bonchev–Trinajstić information content (AvgIpc) is 2.30. The van der Waals surface area contributed by atoms with Gasteiger partial charge in [0.15, 0.2) is 0 Å². The summed E-state index contributed by atoms with van der Waals surface area (Å²) in [5, 5.41) is 0. The van der Waals surface area contributed by atoms with Crippen LogP contribution in [0.15, 0.2) is 0 Å². The first-order valence-corrected chi connectivity index (χ1v) is 3.39. The van der Waals surface area contributed by atoms with Gasteiger partial charge in [0.25, 0.3) is 0 Å². The van der Waals surface area contributed by atoms with Crippen molar-refractivity contribution in [3.8, 4) is 0 Å². The zero-order chi connectivity index (χ0) is 6.43. The van der Waals surface area contributed by atoms with Gasteiger partial charge in [-0.15, -0.1) is 0 Å². The molecule has 1 aliphatic carbocycles. The number of ether oxygens (including phenoxy) is 1. The van der Waals surface area contributed by atoms with Crippen LogP contribution in [0.4, 0.5) is 0 Å². The molecule has 2 aliphatic rings. The first kappa shape index (κ1) is 5.42. The number of hydrogen-bond donors (Lipinski definition) is 0. The second kappa shape index (κ2) is 1.57. The van der Waals surface area contributed by atoms with Crippen molar-refractivity contribution in [3.05, 3.63) is 0 Å². The van der Waals surface area contributed by atoms with E-state index in [9.17, 15) is 4.79 Å². The largest absolute Gasteiger partial charge is 0.381 e. The van der Waals surface area contributed by atoms with Crippen LogP contribution in [-0.4, -0.2) is 19.0 Å². The van der Waals surface area contributed by atoms with Gasteiger partial charge < -0.3 is 4.74 Å². The molecule has 1 heterocycles. The number of ketones is 1. The second-order valence-corrected chi connectivity index (χ2v) is 3.00. The summed E-state index contributed by atoms with van der Waals surface area (Å²) in [4.78, 5) is 10.8. The van der Waals surface area contributed by atoms with Crippen molar-refractivity contribution in [2.75, 3.05) is 13.2 Å².